The van der Waals surface area contributed by atoms with Gasteiger partial charge in [0.05, 0.1) is 6.61 Å². The van der Waals surface area contributed by atoms with Crippen molar-refractivity contribution in [3.63, 3.8) is 0 Å². The number of nitrogens with one attached hydrogen (secondary N) is 3. The largest absolute Gasteiger partial charge is 0.384 e. The van der Waals surface area contributed by atoms with Gasteiger partial charge in [-0.15, -0.1) is 12.4 Å². The van der Waals surface area contributed by atoms with Crippen molar-refractivity contribution in [3.05, 3.63) is 0 Å². The zero-order chi connectivity index (χ0) is 16.7. The number of ether oxygens (including phenoxy) is 1. The molecule has 1 heterocycles. The van der Waals surface area contributed by atoms with Crippen LogP contribution in [-0.4, -0.2) is 51.2 Å². The van der Waals surface area contributed by atoms with Gasteiger partial charge < -0.3 is 20.7 Å². The van der Waals surface area contributed by atoms with Crippen LogP contribution in [0.3, 0.4) is 0 Å². The number of carbonyl (C=O) groups is 2. The second-order valence-corrected chi connectivity index (χ2v) is 7.11. The quantitative estimate of drug-likeness (QED) is 0.637. The van der Waals surface area contributed by atoms with Crippen molar-refractivity contribution in [1.29, 1.82) is 0 Å². The highest BCUT2D eigenvalue weighted by Crippen LogP contribution is 2.28. The molecule has 140 valence electrons. The first-order chi connectivity index (χ1) is 11.1. The predicted molar refractivity (Wildman–Crippen MR) is 96.2 cm³/mol. The lowest BCUT2D eigenvalue weighted by atomic mass is 9.79. The summed E-state index contributed by atoms with van der Waals surface area (Å²) >= 11 is 0. The van der Waals surface area contributed by atoms with Gasteiger partial charge in [-0.1, -0.05) is 12.8 Å². The van der Waals surface area contributed by atoms with Crippen molar-refractivity contribution in [2.75, 3.05) is 33.4 Å². The number of rotatable bonds is 7. The van der Waals surface area contributed by atoms with E-state index in [-0.39, 0.29) is 35.6 Å². The van der Waals surface area contributed by atoms with Crippen molar-refractivity contribution in [2.45, 2.75) is 51.5 Å². The van der Waals surface area contributed by atoms with Crippen molar-refractivity contribution < 1.29 is 14.3 Å². The van der Waals surface area contributed by atoms with Gasteiger partial charge in [-0.25, -0.2) is 0 Å². The fourth-order valence-electron chi connectivity index (χ4n) is 3.65. The van der Waals surface area contributed by atoms with Crippen LogP contribution in [0.1, 0.15) is 45.4 Å². The molecule has 1 aliphatic heterocycles. The minimum atomic E-state index is -0.482. The van der Waals surface area contributed by atoms with E-state index >= 15 is 0 Å². The van der Waals surface area contributed by atoms with Crippen molar-refractivity contribution >= 4 is 24.2 Å². The predicted octanol–water partition coefficient (Wildman–Crippen LogP) is 1.24. The van der Waals surface area contributed by atoms with Crippen LogP contribution >= 0.6 is 12.4 Å². The third-order valence-corrected chi connectivity index (χ3v) is 5.23. The molecule has 2 amide bonds. The summed E-state index contributed by atoms with van der Waals surface area (Å²) in [4.78, 5) is 24.4. The fraction of sp³-hybridized carbons (Fsp3) is 0.882. The first-order valence-corrected chi connectivity index (χ1v) is 8.84. The number of hydrogen-bond acceptors (Lipinski definition) is 4. The monoisotopic (exact) mass is 361 g/mol. The Kier molecular flexibility index (Phi) is 9.02. The number of methoxy groups -OCH3 is 1. The van der Waals surface area contributed by atoms with Crippen LogP contribution in [0, 0.1) is 11.3 Å². The Hall–Kier alpha value is -0.850. The van der Waals surface area contributed by atoms with E-state index in [2.05, 4.69) is 16.0 Å². The second kappa shape index (κ2) is 10.2. The molecule has 0 bridgehead atoms. The highest BCUT2D eigenvalue weighted by atomic mass is 35.5. The standard InChI is InChI=1S/C17H31N3O3.ClH/c1-13(20-16(22)14-5-3-4-6-14)15(21)19-11-17(12-23-2)7-9-18-10-8-17;/h13-14,18H,3-12H2,1-2H3,(H,19,21)(H,20,22);1H. The maximum absolute atomic E-state index is 12.3. The van der Waals surface area contributed by atoms with Crippen LogP contribution in [0.2, 0.25) is 0 Å². The smallest absolute Gasteiger partial charge is 0.242 e. The van der Waals surface area contributed by atoms with E-state index in [1.807, 2.05) is 0 Å². The van der Waals surface area contributed by atoms with Crippen LogP contribution in [0.4, 0.5) is 0 Å². The highest BCUT2D eigenvalue weighted by Gasteiger charge is 2.33. The lowest BCUT2D eigenvalue weighted by Crippen LogP contribution is -2.51. The zero-order valence-corrected chi connectivity index (χ0v) is 15.7. The molecular weight excluding hydrogens is 330 g/mol. The molecule has 2 fully saturated rings. The van der Waals surface area contributed by atoms with E-state index in [4.69, 9.17) is 4.74 Å². The van der Waals surface area contributed by atoms with E-state index in [9.17, 15) is 9.59 Å². The molecule has 2 aliphatic rings. The topological polar surface area (TPSA) is 79.5 Å². The summed E-state index contributed by atoms with van der Waals surface area (Å²) < 4.78 is 5.36. The van der Waals surface area contributed by atoms with Crippen molar-refractivity contribution in [3.8, 4) is 0 Å². The third-order valence-electron chi connectivity index (χ3n) is 5.23. The number of amides is 2. The van der Waals surface area contributed by atoms with Crippen LogP contribution < -0.4 is 16.0 Å². The molecule has 0 spiro atoms. The Bertz CT molecular complexity index is 402. The van der Waals surface area contributed by atoms with Gasteiger partial charge in [-0.2, -0.15) is 0 Å². The molecule has 1 saturated heterocycles. The summed E-state index contributed by atoms with van der Waals surface area (Å²) in [5.41, 5.74) is 0.00480. The Morgan fingerprint density at radius 1 is 1.25 bits per heavy atom. The number of halogens is 1. The van der Waals surface area contributed by atoms with Crippen molar-refractivity contribution in [1.82, 2.24) is 16.0 Å². The Morgan fingerprint density at radius 3 is 2.46 bits per heavy atom. The number of piperidine rings is 1. The zero-order valence-electron chi connectivity index (χ0n) is 14.9. The number of carbonyl (C=O) groups excluding carboxylic acids is 2. The minimum absolute atomic E-state index is 0. The molecule has 6 nitrogen and oxygen atoms in total. The fourth-order valence-corrected chi connectivity index (χ4v) is 3.65. The molecule has 1 atom stereocenters. The van der Waals surface area contributed by atoms with E-state index in [0.717, 1.165) is 51.6 Å². The molecule has 7 heteroatoms. The Labute approximate surface area is 151 Å². The molecule has 0 radical (unpaired) electrons. The summed E-state index contributed by atoms with van der Waals surface area (Å²) in [6.45, 7) is 4.91. The summed E-state index contributed by atoms with van der Waals surface area (Å²) in [5, 5.41) is 9.21. The molecule has 24 heavy (non-hydrogen) atoms. The van der Waals surface area contributed by atoms with Crippen LogP contribution in [0.15, 0.2) is 0 Å². The minimum Gasteiger partial charge on any atom is -0.384 e. The average molecular weight is 362 g/mol. The van der Waals surface area contributed by atoms with Crippen LogP contribution in [0.25, 0.3) is 0 Å². The summed E-state index contributed by atoms with van der Waals surface area (Å²) in [7, 11) is 1.70. The molecule has 0 aromatic carbocycles. The van der Waals surface area contributed by atoms with Gasteiger partial charge in [0.2, 0.25) is 11.8 Å². The van der Waals surface area contributed by atoms with E-state index < -0.39 is 6.04 Å². The molecule has 0 aromatic heterocycles. The SMILES string of the molecule is COCC1(CNC(=O)C(C)NC(=O)C2CCCC2)CCNCC1.Cl. The first-order valence-electron chi connectivity index (χ1n) is 8.84. The third kappa shape index (κ3) is 5.90. The van der Waals surface area contributed by atoms with Gasteiger partial charge in [0.15, 0.2) is 0 Å². The van der Waals surface area contributed by atoms with Gasteiger partial charge in [-0.05, 0) is 45.7 Å². The first kappa shape index (κ1) is 21.2. The maximum atomic E-state index is 12.3. The Morgan fingerprint density at radius 2 is 1.88 bits per heavy atom. The Balaban J connectivity index is 0.00000288. The van der Waals surface area contributed by atoms with Gasteiger partial charge in [-0.3, -0.25) is 9.59 Å². The highest BCUT2D eigenvalue weighted by molar-refractivity contribution is 5.88. The molecule has 1 saturated carbocycles. The number of hydrogen-bond donors (Lipinski definition) is 3. The average Bonchev–Trinajstić information content (AvgIpc) is 3.08. The molecule has 3 N–H and O–H groups in total. The molecule has 2 rings (SSSR count). The van der Waals surface area contributed by atoms with E-state index in [1.54, 1.807) is 14.0 Å². The summed E-state index contributed by atoms with van der Waals surface area (Å²) in [6.07, 6.45) is 6.11. The second-order valence-electron chi connectivity index (χ2n) is 7.11. The lowest BCUT2D eigenvalue weighted by Gasteiger charge is -2.37. The van der Waals surface area contributed by atoms with E-state index in [0.29, 0.717) is 13.2 Å². The summed E-state index contributed by atoms with van der Waals surface area (Å²) in [6, 6.07) is -0.482. The molecule has 0 aromatic rings. The lowest BCUT2D eigenvalue weighted by molar-refractivity contribution is -0.131. The normalized spacial score (nSPS) is 21.6. The van der Waals surface area contributed by atoms with Gasteiger partial charge >= 0.3 is 0 Å². The maximum Gasteiger partial charge on any atom is 0.242 e. The molecular formula is C17H32ClN3O3. The van der Waals surface area contributed by atoms with Crippen LogP contribution in [-0.2, 0) is 14.3 Å². The molecule has 1 unspecified atom stereocenters. The van der Waals surface area contributed by atoms with Gasteiger partial charge in [0.1, 0.15) is 6.04 Å². The van der Waals surface area contributed by atoms with Crippen LogP contribution in [0.5, 0.6) is 0 Å². The summed E-state index contributed by atoms with van der Waals surface area (Å²) in [5.74, 6) is 0.0125. The van der Waals surface area contributed by atoms with E-state index in [1.165, 1.54) is 0 Å². The van der Waals surface area contributed by atoms with Gasteiger partial charge in [0.25, 0.3) is 0 Å². The van der Waals surface area contributed by atoms with Gasteiger partial charge in [0, 0.05) is 25.0 Å². The molecule has 1 aliphatic carbocycles. The van der Waals surface area contributed by atoms with Crippen molar-refractivity contribution in [2.24, 2.45) is 11.3 Å².